The van der Waals surface area contributed by atoms with Crippen molar-refractivity contribution in [2.45, 2.75) is 141 Å². The molecule has 0 radical (unpaired) electrons. The Labute approximate surface area is 202 Å². The molecule has 6 nitrogen and oxygen atoms in total. The Bertz CT molecular complexity index is 454. The van der Waals surface area contributed by atoms with E-state index in [0.29, 0.717) is 23.7 Å². The van der Waals surface area contributed by atoms with Gasteiger partial charge in [0.25, 0.3) is 0 Å². The van der Waals surface area contributed by atoms with E-state index in [9.17, 15) is 14.4 Å². The minimum atomic E-state index is -4.70. The van der Waals surface area contributed by atoms with Crippen LogP contribution in [0.15, 0.2) is 0 Å². The van der Waals surface area contributed by atoms with Crippen LogP contribution in [0.5, 0.6) is 0 Å². The summed E-state index contributed by atoms with van der Waals surface area (Å²) in [4.78, 5) is 37.5. The Morgan fingerprint density at radius 2 is 0.781 bits per heavy atom. The summed E-state index contributed by atoms with van der Waals surface area (Å²) in [5, 5.41) is 0. The van der Waals surface area contributed by atoms with Crippen molar-refractivity contribution in [3.63, 3.8) is 0 Å². The molecule has 32 heavy (non-hydrogen) atoms. The third-order valence-corrected chi connectivity index (χ3v) is 12.7. The van der Waals surface area contributed by atoms with Crippen molar-refractivity contribution in [3.05, 3.63) is 0 Å². The third-order valence-electron chi connectivity index (χ3n) is 5.35. The molecule has 7 heteroatoms. The van der Waals surface area contributed by atoms with Crippen molar-refractivity contribution in [3.8, 4) is 0 Å². The fraction of sp³-hybridized carbons (Fsp3) is 0.880. The van der Waals surface area contributed by atoms with Crippen LogP contribution in [0.4, 0.5) is 0 Å². The SMILES string of the molecule is CCCCCCCCC[CH2][Sn]([O]C(=O)CCCC)([O]C(=O)CCCC)[O]C(=O)CCCC. The summed E-state index contributed by atoms with van der Waals surface area (Å²) >= 11 is -4.70. The van der Waals surface area contributed by atoms with Gasteiger partial charge >= 0.3 is 202 Å². The first-order valence-corrected chi connectivity index (χ1v) is 18.6. The molecule has 0 amide bonds. The normalized spacial score (nSPS) is 11.2. The zero-order valence-electron chi connectivity index (χ0n) is 21.2. The van der Waals surface area contributed by atoms with Crippen molar-refractivity contribution in [1.29, 1.82) is 0 Å². The van der Waals surface area contributed by atoms with Crippen LogP contribution in [-0.2, 0) is 23.6 Å². The Morgan fingerprint density at radius 1 is 0.469 bits per heavy atom. The van der Waals surface area contributed by atoms with Gasteiger partial charge in [-0.2, -0.15) is 0 Å². The van der Waals surface area contributed by atoms with Crippen molar-refractivity contribution in [2.75, 3.05) is 0 Å². The maximum absolute atomic E-state index is 12.5. The van der Waals surface area contributed by atoms with E-state index in [1.54, 1.807) is 0 Å². The van der Waals surface area contributed by atoms with E-state index in [2.05, 4.69) is 6.92 Å². The molecule has 0 spiro atoms. The van der Waals surface area contributed by atoms with Gasteiger partial charge in [0.2, 0.25) is 0 Å². The monoisotopic (exact) mass is 564 g/mol. The summed E-state index contributed by atoms with van der Waals surface area (Å²) in [5.41, 5.74) is 0. The Morgan fingerprint density at radius 3 is 1.12 bits per heavy atom. The molecule has 0 aromatic carbocycles. The quantitative estimate of drug-likeness (QED) is 0.108. The summed E-state index contributed by atoms with van der Waals surface area (Å²) in [6.07, 6.45) is 14.4. The topological polar surface area (TPSA) is 78.9 Å². The van der Waals surface area contributed by atoms with E-state index in [1.165, 1.54) is 32.1 Å². The Hall–Kier alpha value is -0.791. The molecular weight excluding hydrogens is 515 g/mol. The molecule has 0 atom stereocenters. The molecule has 188 valence electrons. The molecule has 0 N–H and O–H groups in total. The van der Waals surface area contributed by atoms with Crippen molar-refractivity contribution in [1.82, 2.24) is 0 Å². The third kappa shape index (κ3) is 16.8. The van der Waals surface area contributed by atoms with E-state index in [1.807, 2.05) is 20.8 Å². The average molecular weight is 563 g/mol. The molecule has 0 rings (SSSR count). The van der Waals surface area contributed by atoms with Crippen LogP contribution >= 0.6 is 0 Å². The molecule has 0 aliphatic rings. The first-order valence-electron chi connectivity index (χ1n) is 13.1. The number of unbranched alkanes of at least 4 members (excludes halogenated alkanes) is 10. The van der Waals surface area contributed by atoms with Crippen LogP contribution in [0.3, 0.4) is 0 Å². The summed E-state index contributed by atoms with van der Waals surface area (Å²) in [5.74, 6) is -1.23. The van der Waals surface area contributed by atoms with Crippen LogP contribution in [0.1, 0.15) is 137 Å². The van der Waals surface area contributed by atoms with Gasteiger partial charge in [0, 0.05) is 0 Å². The fourth-order valence-corrected chi connectivity index (χ4v) is 10.4. The van der Waals surface area contributed by atoms with E-state index >= 15 is 0 Å². The maximum atomic E-state index is 12.5. The van der Waals surface area contributed by atoms with Gasteiger partial charge in [0.15, 0.2) is 0 Å². The van der Waals surface area contributed by atoms with Crippen LogP contribution < -0.4 is 0 Å². The van der Waals surface area contributed by atoms with Gasteiger partial charge in [0.1, 0.15) is 0 Å². The predicted octanol–water partition coefficient (Wildman–Crippen LogP) is 7.27. The molecule has 0 bridgehead atoms. The molecule has 0 fully saturated rings. The van der Waals surface area contributed by atoms with E-state index in [-0.39, 0.29) is 19.3 Å². The molecular formula is C25H48O6Sn. The number of carbonyl (C=O) groups excluding carboxylic acids is 3. The second kappa shape index (κ2) is 20.8. The van der Waals surface area contributed by atoms with Crippen LogP contribution in [0.25, 0.3) is 0 Å². The van der Waals surface area contributed by atoms with Crippen LogP contribution in [-0.4, -0.2) is 37.5 Å². The van der Waals surface area contributed by atoms with Gasteiger partial charge in [-0.3, -0.25) is 0 Å². The van der Waals surface area contributed by atoms with Gasteiger partial charge in [-0.1, -0.05) is 0 Å². The molecule has 0 aromatic heterocycles. The van der Waals surface area contributed by atoms with Crippen molar-refractivity contribution < 1.29 is 23.6 Å². The first kappa shape index (κ1) is 31.2. The van der Waals surface area contributed by atoms with Crippen LogP contribution in [0, 0.1) is 0 Å². The molecule has 0 saturated heterocycles. The van der Waals surface area contributed by atoms with Crippen molar-refractivity contribution in [2.24, 2.45) is 0 Å². The first-order chi connectivity index (χ1) is 15.4. The zero-order chi connectivity index (χ0) is 24.1. The van der Waals surface area contributed by atoms with Gasteiger partial charge < -0.3 is 0 Å². The standard InChI is InChI=1S/C10H21.3C5H10O2.Sn/c1-3-5-7-9-10-8-6-4-2;3*1-2-3-4-5(6)7;/h1,3-10H2,2H3;3*2-4H2,1H3,(H,6,7);/q;;;;+3/p-3. The predicted molar refractivity (Wildman–Crippen MR) is 130 cm³/mol. The van der Waals surface area contributed by atoms with Gasteiger partial charge in [-0.05, 0) is 0 Å². The van der Waals surface area contributed by atoms with Gasteiger partial charge in [-0.15, -0.1) is 0 Å². The zero-order valence-corrected chi connectivity index (χ0v) is 24.0. The van der Waals surface area contributed by atoms with Gasteiger partial charge in [0.05, 0.1) is 0 Å². The Balaban J connectivity index is 5.19. The number of carbonyl (C=O) groups is 3. The molecule has 0 heterocycles. The van der Waals surface area contributed by atoms with Crippen molar-refractivity contribution >= 4 is 37.5 Å². The van der Waals surface area contributed by atoms with E-state index in [0.717, 1.165) is 38.5 Å². The summed E-state index contributed by atoms with van der Waals surface area (Å²) in [6, 6.07) is 0. The molecule has 0 unspecified atom stereocenters. The number of hydrogen-bond donors (Lipinski definition) is 0. The fourth-order valence-electron chi connectivity index (χ4n) is 3.33. The molecule has 0 aromatic rings. The molecule has 0 aliphatic heterocycles. The van der Waals surface area contributed by atoms with Crippen LogP contribution in [0.2, 0.25) is 4.44 Å². The molecule has 0 saturated carbocycles. The minimum absolute atomic E-state index is 0.256. The number of rotatable bonds is 21. The summed E-state index contributed by atoms with van der Waals surface area (Å²) in [7, 11) is 0. The average Bonchev–Trinajstić information content (AvgIpc) is 2.76. The van der Waals surface area contributed by atoms with E-state index in [4.69, 9.17) is 9.22 Å². The summed E-state index contributed by atoms with van der Waals surface area (Å²) < 4.78 is 17.7. The second-order valence-corrected chi connectivity index (χ2v) is 15.7. The molecule has 0 aliphatic carbocycles. The van der Waals surface area contributed by atoms with E-state index < -0.39 is 37.5 Å². The Kier molecular flexibility index (Phi) is 20.3. The van der Waals surface area contributed by atoms with Gasteiger partial charge in [-0.25, -0.2) is 0 Å². The summed E-state index contributed by atoms with van der Waals surface area (Å²) in [6.45, 7) is 8.21. The number of hydrogen-bond acceptors (Lipinski definition) is 6. The second-order valence-electron chi connectivity index (χ2n) is 8.64.